The number of nitrogens with zero attached hydrogens (tertiary/aromatic N) is 2. The lowest BCUT2D eigenvalue weighted by Crippen LogP contribution is -2.29. The second-order valence-electron chi connectivity index (χ2n) is 5.03. The van der Waals surface area contributed by atoms with Crippen molar-refractivity contribution < 1.29 is 0 Å². The maximum Gasteiger partial charge on any atom is 0.261 e. The molecule has 1 aliphatic rings. The summed E-state index contributed by atoms with van der Waals surface area (Å²) >= 11 is 5.99. The molecule has 0 radical (unpaired) electrons. The van der Waals surface area contributed by atoms with E-state index in [2.05, 4.69) is 17.1 Å². The minimum atomic E-state index is 0.0103. The summed E-state index contributed by atoms with van der Waals surface area (Å²) in [6.45, 7) is 0.593. The zero-order chi connectivity index (χ0) is 13.7. The summed E-state index contributed by atoms with van der Waals surface area (Å²) in [7, 11) is 0. The number of rotatable bonds is 0. The molecule has 0 fully saturated rings. The molecule has 0 atom stereocenters. The second kappa shape index (κ2) is 4.18. The Kier molecular flexibility index (Phi) is 2.44. The number of hydrogen-bond donors (Lipinski definition) is 0. The Bertz CT molecular complexity index is 899. The zero-order valence-corrected chi connectivity index (χ0v) is 11.4. The first-order chi connectivity index (χ1) is 9.72. The van der Waals surface area contributed by atoms with Crippen molar-refractivity contribution in [2.75, 3.05) is 0 Å². The molecular formula is C16H11ClN2O. The topological polar surface area (TPSA) is 34.9 Å². The fourth-order valence-corrected chi connectivity index (χ4v) is 2.93. The minimum absolute atomic E-state index is 0.0103. The first-order valence-electron chi connectivity index (χ1n) is 6.48. The van der Waals surface area contributed by atoms with E-state index in [1.807, 2.05) is 12.1 Å². The molecule has 0 amide bonds. The van der Waals surface area contributed by atoms with Gasteiger partial charge in [-0.1, -0.05) is 35.9 Å². The second-order valence-corrected chi connectivity index (χ2v) is 5.46. The Morgan fingerprint density at radius 2 is 1.90 bits per heavy atom. The van der Waals surface area contributed by atoms with Gasteiger partial charge in [-0.15, -0.1) is 0 Å². The van der Waals surface area contributed by atoms with Crippen LogP contribution in [0.15, 0.2) is 47.3 Å². The van der Waals surface area contributed by atoms with Crippen LogP contribution in [-0.4, -0.2) is 9.55 Å². The smallest absolute Gasteiger partial charge is 0.261 e. The van der Waals surface area contributed by atoms with Crippen LogP contribution in [0.2, 0.25) is 5.02 Å². The standard InChI is InChI=1S/C16H11ClN2O/c17-12-5-6-13-14(8-12)18-15-7-10-3-1-2-4-11(10)9-19(15)16(13)20/h1-6,8H,7,9H2. The molecular weight excluding hydrogens is 272 g/mol. The summed E-state index contributed by atoms with van der Waals surface area (Å²) in [6.07, 6.45) is 0.688. The van der Waals surface area contributed by atoms with Crippen molar-refractivity contribution in [3.05, 3.63) is 74.8 Å². The van der Waals surface area contributed by atoms with Gasteiger partial charge >= 0.3 is 0 Å². The van der Waals surface area contributed by atoms with E-state index in [-0.39, 0.29) is 5.56 Å². The Labute approximate surface area is 120 Å². The first kappa shape index (κ1) is 11.7. The Balaban J connectivity index is 2.00. The summed E-state index contributed by atoms with van der Waals surface area (Å²) in [4.78, 5) is 17.2. The molecule has 2 heterocycles. The number of aromatic nitrogens is 2. The van der Waals surface area contributed by atoms with Gasteiger partial charge in [0, 0.05) is 11.4 Å². The van der Waals surface area contributed by atoms with Crippen molar-refractivity contribution in [1.82, 2.24) is 9.55 Å². The van der Waals surface area contributed by atoms with Crippen molar-refractivity contribution in [3.63, 3.8) is 0 Å². The summed E-state index contributed by atoms with van der Waals surface area (Å²) in [5.41, 5.74) is 3.11. The Hall–Kier alpha value is -2.13. The Morgan fingerprint density at radius 1 is 1.10 bits per heavy atom. The van der Waals surface area contributed by atoms with Crippen molar-refractivity contribution in [2.24, 2.45) is 0 Å². The van der Waals surface area contributed by atoms with Crippen LogP contribution < -0.4 is 5.56 Å². The molecule has 0 unspecified atom stereocenters. The quantitative estimate of drug-likeness (QED) is 0.497. The average Bonchev–Trinajstić information content (AvgIpc) is 2.45. The molecule has 0 spiro atoms. The van der Waals surface area contributed by atoms with Crippen LogP contribution in [-0.2, 0) is 13.0 Å². The highest BCUT2D eigenvalue weighted by Crippen LogP contribution is 2.22. The predicted octanol–water partition coefficient (Wildman–Crippen LogP) is 3.00. The SMILES string of the molecule is O=c1c2ccc(Cl)cc2nc2n1Cc1ccccc1C2. The largest absolute Gasteiger partial charge is 0.291 e. The van der Waals surface area contributed by atoms with Gasteiger partial charge in [0.15, 0.2) is 0 Å². The summed E-state index contributed by atoms with van der Waals surface area (Å²) in [5, 5.41) is 1.23. The molecule has 0 aliphatic carbocycles. The van der Waals surface area contributed by atoms with Gasteiger partial charge in [-0.2, -0.15) is 0 Å². The molecule has 0 saturated carbocycles. The number of halogens is 1. The molecule has 4 rings (SSSR count). The summed E-state index contributed by atoms with van der Waals surface area (Å²) in [6, 6.07) is 13.4. The van der Waals surface area contributed by atoms with Gasteiger partial charge in [-0.3, -0.25) is 9.36 Å². The highest BCUT2D eigenvalue weighted by atomic mass is 35.5. The first-order valence-corrected chi connectivity index (χ1v) is 6.86. The minimum Gasteiger partial charge on any atom is -0.291 e. The maximum atomic E-state index is 12.6. The van der Waals surface area contributed by atoms with E-state index in [1.54, 1.807) is 22.8 Å². The van der Waals surface area contributed by atoms with Crippen LogP contribution in [0.25, 0.3) is 10.9 Å². The monoisotopic (exact) mass is 282 g/mol. The summed E-state index contributed by atoms with van der Waals surface area (Å²) < 4.78 is 1.76. The molecule has 0 N–H and O–H groups in total. The van der Waals surface area contributed by atoms with Gasteiger partial charge in [0.05, 0.1) is 17.4 Å². The van der Waals surface area contributed by atoms with Crippen LogP contribution >= 0.6 is 11.6 Å². The molecule has 0 saturated heterocycles. The molecule has 2 aromatic carbocycles. The van der Waals surface area contributed by atoms with E-state index in [4.69, 9.17) is 11.6 Å². The molecule has 4 heteroatoms. The van der Waals surface area contributed by atoms with E-state index in [1.165, 1.54) is 11.1 Å². The van der Waals surface area contributed by atoms with Crippen LogP contribution in [0.5, 0.6) is 0 Å². The van der Waals surface area contributed by atoms with Crippen molar-refractivity contribution in [3.8, 4) is 0 Å². The van der Waals surface area contributed by atoms with Gasteiger partial charge in [0.1, 0.15) is 5.82 Å². The molecule has 3 aromatic rings. The van der Waals surface area contributed by atoms with Gasteiger partial charge in [-0.25, -0.2) is 4.98 Å². The molecule has 1 aromatic heterocycles. The summed E-state index contributed by atoms with van der Waals surface area (Å²) in [5.74, 6) is 0.809. The third kappa shape index (κ3) is 1.67. The third-order valence-electron chi connectivity index (χ3n) is 3.79. The number of fused-ring (bicyclic) bond motifs is 3. The molecule has 98 valence electrons. The van der Waals surface area contributed by atoms with Crippen molar-refractivity contribution >= 4 is 22.5 Å². The lowest BCUT2D eigenvalue weighted by molar-refractivity contribution is 0.659. The van der Waals surface area contributed by atoms with Crippen molar-refractivity contribution in [2.45, 2.75) is 13.0 Å². The average molecular weight is 283 g/mol. The van der Waals surface area contributed by atoms with E-state index in [0.717, 1.165) is 5.82 Å². The van der Waals surface area contributed by atoms with Gasteiger partial charge < -0.3 is 0 Å². The molecule has 1 aliphatic heterocycles. The lowest BCUT2D eigenvalue weighted by Gasteiger charge is -2.21. The van der Waals surface area contributed by atoms with Gasteiger partial charge in [0.25, 0.3) is 5.56 Å². The fraction of sp³-hybridized carbons (Fsp3) is 0.125. The maximum absolute atomic E-state index is 12.6. The molecule has 0 bridgehead atoms. The zero-order valence-electron chi connectivity index (χ0n) is 10.6. The highest BCUT2D eigenvalue weighted by molar-refractivity contribution is 6.31. The lowest BCUT2D eigenvalue weighted by atomic mass is 10.0. The number of benzene rings is 2. The predicted molar refractivity (Wildman–Crippen MR) is 79.4 cm³/mol. The Morgan fingerprint density at radius 3 is 2.75 bits per heavy atom. The molecule has 20 heavy (non-hydrogen) atoms. The van der Waals surface area contributed by atoms with Crippen LogP contribution in [0.3, 0.4) is 0 Å². The van der Waals surface area contributed by atoms with E-state index in [0.29, 0.717) is 28.9 Å². The van der Waals surface area contributed by atoms with Crippen molar-refractivity contribution in [1.29, 1.82) is 0 Å². The fourth-order valence-electron chi connectivity index (χ4n) is 2.76. The van der Waals surface area contributed by atoms with Gasteiger partial charge in [0.2, 0.25) is 0 Å². The van der Waals surface area contributed by atoms with E-state index >= 15 is 0 Å². The number of hydrogen-bond acceptors (Lipinski definition) is 2. The van der Waals surface area contributed by atoms with Gasteiger partial charge in [-0.05, 0) is 29.3 Å². The van der Waals surface area contributed by atoms with Crippen LogP contribution in [0.1, 0.15) is 17.0 Å². The molecule has 3 nitrogen and oxygen atoms in total. The third-order valence-corrected chi connectivity index (χ3v) is 4.03. The van der Waals surface area contributed by atoms with E-state index < -0.39 is 0 Å². The van der Waals surface area contributed by atoms with Crippen LogP contribution in [0, 0.1) is 0 Å². The highest BCUT2D eigenvalue weighted by Gasteiger charge is 2.18. The van der Waals surface area contributed by atoms with E-state index in [9.17, 15) is 4.79 Å². The normalized spacial score (nSPS) is 13.1. The van der Waals surface area contributed by atoms with Crippen LogP contribution in [0.4, 0.5) is 0 Å².